The second-order valence-corrected chi connectivity index (χ2v) is 8.01. The van der Waals surface area contributed by atoms with Gasteiger partial charge in [0, 0.05) is 20.0 Å². The van der Waals surface area contributed by atoms with E-state index in [4.69, 9.17) is 21.3 Å². The molecule has 1 aliphatic rings. The summed E-state index contributed by atoms with van der Waals surface area (Å²) in [6.07, 6.45) is 0.959. The van der Waals surface area contributed by atoms with Crippen LogP contribution >= 0.6 is 11.6 Å². The number of halogens is 1. The summed E-state index contributed by atoms with van der Waals surface area (Å²) >= 11 is 6.26. The summed E-state index contributed by atoms with van der Waals surface area (Å²) in [6, 6.07) is 17.8. The number of guanidine groups is 1. The summed E-state index contributed by atoms with van der Waals surface area (Å²) in [4.78, 5) is 7.11. The van der Waals surface area contributed by atoms with Crippen molar-refractivity contribution in [2.75, 3.05) is 13.1 Å². The van der Waals surface area contributed by atoms with Crippen LogP contribution in [0.4, 0.5) is 0 Å². The number of hydrogen-bond donors (Lipinski definition) is 1. The number of nitrogens with zero attached hydrogens (tertiary/aromatic N) is 5. The molecule has 0 bridgehead atoms. The topological polar surface area (TPSA) is 67.6 Å². The molecule has 162 valence electrons. The third kappa shape index (κ3) is 5.35. The van der Waals surface area contributed by atoms with Gasteiger partial charge in [-0.25, -0.2) is 4.99 Å². The average Bonchev–Trinajstić information content (AvgIpc) is 3.38. The molecule has 31 heavy (non-hydrogen) atoms. The Kier molecular flexibility index (Phi) is 6.72. The van der Waals surface area contributed by atoms with Gasteiger partial charge in [-0.1, -0.05) is 54.1 Å². The van der Waals surface area contributed by atoms with E-state index in [9.17, 15) is 0 Å². The van der Waals surface area contributed by atoms with Crippen molar-refractivity contribution < 1.29 is 4.74 Å². The lowest BCUT2D eigenvalue weighted by Crippen LogP contribution is -2.41. The molecule has 7 nitrogen and oxygen atoms in total. The lowest BCUT2D eigenvalue weighted by Gasteiger charge is -2.22. The Bertz CT molecular complexity index is 1040. The monoisotopic (exact) mass is 438 g/mol. The molecule has 1 N–H and O–H groups in total. The van der Waals surface area contributed by atoms with Gasteiger partial charge in [-0.3, -0.25) is 0 Å². The fourth-order valence-electron chi connectivity index (χ4n) is 3.52. The first-order valence-electron chi connectivity index (χ1n) is 10.4. The Morgan fingerprint density at radius 2 is 1.94 bits per heavy atom. The molecule has 0 aliphatic carbocycles. The summed E-state index contributed by atoms with van der Waals surface area (Å²) < 4.78 is 8.13. The highest BCUT2D eigenvalue weighted by atomic mass is 35.5. The number of likely N-dealkylation sites (tertiary alicyclic amines) is 1. The van der Waals surface area contributed by atoms with Crippen LogP contribution in [-0.4, -0.2) is 44.8 Å². The van der Waals surface area contributed by atoms with Crippen LogP contribution in [0, 0.1) is 6.92 Å². The zero-order chi connectivity index (χ0) is 21.6. The number of para-hydroxylation sites is 1. The number of rotatable bonds is 6. The van der Waals surface area contributed by atoms with E-state index < -0.39 is 0 Å². The van der Waals surface area contributed by atoms with Gasteiger partial charge >= 0.3 is 0 Å². The van der Waals surface area contributed by atoms with Crippen molar-refractivity contribution in [1.82, 2.24) is 25.0 Å². The Morgan fingerprint density at radius 1 is 1.16 bits per heavy atom. The Labute approximate surface area is 187 Å². The number of aromatic nitrogens is 3. The molecule has 2 heterocycles. The second-order valence-electron chi connectivity index (χ2n) is 7.61. The SMILES string of the molecule is Cc1nnc(CNC(=NCc2ccccc2)N2CCC(Oc3ccccc3Cl)C2)n1C. The summed E-state index contributed by atoms with van der Waals surface area (Å²) in [5.41, 5.74) is 1.17. The number of benzene rings is 2. The van der Waals surface area contributed by atoms with Crippen LogP contribution in [0.25, 0.3) is 0 Å². The van der Waals surface area contributed by atoms with Crippen molar-refractivity contribution in [3.8, 4) is 5.75 Å². The predicted molar refractivity (Wildman–Crippen MR) is 122 cm³/mol. The van der Waals surface area contributed by atoms with Gasteiger partial charge < -0.3 is 19.5 Å². The fourth-order valence-corrected chi connectivity index (χ4v) is 3.70. The van der Waals surface area contributed by atoms with Crippen molar-refractivity contribution in [3.63, 3.8) is 0 Å². The first kappa shape index (κ1) is 21.2. The maximum atomic E-state index is 6.26. The summed E-state index contributed by atoms with van der Waals surface area (Å²) in [5.74, 6) is 3.32. The lowest BCUT2D eigenvalue weighted by atomic mass is 10.2. The Morgan fingerprint density at radius 3 is 2.68 bits per heavy atom. The van der Waals surface area contributed by atoms with Crippen molar-refractivity contribution in [3.05, 3.63) is 76.8 Å². The molecular formula is C23H27ClN6O. The smallest absolute Gasteiger partial charge is 0.194 e. The third-order valence-corrected chi connectivity index (χ3v) is 5.73. The molecule has 1 atom stereocenters. The number of aryl methyl sites for hydroxylation is 1. The van der Waals surface area contributed by atoms with Crippen LogP contribution in [0.2, 0.25) is 5.02 Å². The standard InChI is InChI=1S/C23H27ClN6O/c1-17-27-28-22(29(17)2)15-26-23(25-14-18-8-4-3-5-9-18)30-13-12-19(16-30)31-21-11-7-6-10-20(21)24/h3-11,19H,12-16H2,1-2H3,(H,25,26). The number of hydrogen-bond acceptors (Lipinski definition) is 4. The molecule has 1 aromatic heterocycles. The van der Waals surface area contributed by atoms with E-state index in [-0.39, 0.29) is 6.10 Å². The van der Waals surface area contributed by atoms with Crippen LogP contribution in [0.1, 0.15) is 23.6 Å². The molecule has 8 heteroatoms. The van der Waals surface area contributed by atoms with Crippen LogP contribution < -0.4 is 10.1 Å². The third-order valence-electron chi connectivity index (χ3n) is 5.42. The van der Waals surface area contributed by atoms with Crippen molar-refractivity contribution >= 4 is 17.6 Å². The van der Waals surface area contributed by atoms with Gasteiger partial charge in [0.25, 0.3) is 0 Å². The van der Waals surface area contributed by atoms with Crippen LogP contribution in [0.15, 0.2) is 59.6 Å². The minimum atomic E-state index is 0.0562. The zero-order valence-electron chi connectivity index (χ0n) is 17.8. The molecule has 0 radical (unpaired) electrons. The van der Waals surface area contributed by atoms with Crippen LogP contribution in [-0.2, 0) is 20.1 Å². The summed E-state index contributed by atoms with van der Waals surface area (Å²) in [7, 11) is 1.97. The highest BCUT2D eigenvalue weighted by Gasteiger charge is 2.27. The van der Waals surface area contributed by atoms with Crippen LogP contribution in [0.3, 0.4) is 0 Å². The number of nitrogens with one attached hydrogen (secondary N) is 1. The second kappa shape index (κ2) is 9.83. The highest BCUT2D eigenvalue weighted by Crippen LogP contribution is 2.26. The van der Waals surface area contributed by atoms with Crippen molar-refractivity contribution in [2.45, 2.75) is 32.5 Å². The molecular weight excluding hydrogens is 412 g/mol. The van der Waals surface area contributed by atoms with E-state index >= 15 is 0 Å². The zero-order valence-corrected chi connectivity index (χ0v) is 18.6. The first-order chi connectivity index (χ1) is 15.1. The van der Waals surface area contributed by atoms with E-state index in [1.165, 1.54) is 5.56 Å². The van der Waals surface area contributed by atoms with E-state index in [0.29, 0.717) is 18.1 Å². The number of ether oxygens (including phenoxy) is 1. The molecule has 1 aliphatic heterocycles. The van der Waals surface area contributed by atoms with Crippen molar-refractivity contribution in [1.29, 1.82) is 0 Å². The Balaban J connectivity index is 1.45. The van der Waals surface area contributed by atoms with Gasteiger partial charge in [-0.15, -0.1) is 10.2 Å². The minimum absolute atomic E-state index is 0.0562. The van der Waals surface area contributed by atoms with E-state index in [1.807, 2.05) is 61.0 Å². The molecule has 2 aromatic carbocycles. The molecule has 1 saturated heterocycles. The van der Waals surface area contributed by atoms with Crippen LogP contribution in [0.5, 0.6) is 5.75 Å². The molecule has 4 rings (SSSR count). The molecule has 1 unspecified atom stereocenters. The van der Waals surface area contributed by atoms with Gasteiger partial charge in [-0.2, -0.15) is 0 Å². The number of aliphatic imine (C=N–C) groups is 1. The minimum Gasteiger partial charge on any atom is -0.487 e. The van der Waals surface area contributed by atoms with Gasteiger partial charge in [0.15, 0.2) is 11.8 Å². The highest BCUT2D eigenvalue weighted by molar-refractivity contribution is 6.32. The Hall–Kier alpha value is -3.06. The van der Waals surface area contributed by atoms with E-state index in [0.717, 1.165) is 42.9 Å². The first-order valence-corrected chi connectivity index (χ1v) is 10.8. The maximum Gasteiger partial charge on any atom is 0.194 e. The molecule has 1 fully saturated rings. The van der Waals surface area contributed by atoms with Crippen molar-refractivity contribution in [2.24, 2.45) is 12.0 Å². The maximum absolute atomic E-state index is 6.26. The average molecular weight is 439 g/mol. The molecule has 0 spiro atoms. The van der Waals surface area contributed by atoms with E-state index in [2.05, 4.69) is 32.5 Å². The fraction of sp³-hybridized carbons (Fsp3) is 0.348. The molecule has 0 saturated carbocycles. The van der Waals surface area contributed by atoms with E-state index in [1.54, 1.807) is 0 Å². The normalized spacial score (nSPS) is 16.5. The summed E-state index contributed by atoms with van der Waals surface area (Å²) in [5, 5.41) is 12.5. The quantitative estimate of drug-likeness (QED) is 0.470. The summed E-state index contributed by atoms with van der Waals surface area (Å²) in [6.45, 7) is 4.69. The lowest BCUT2D eigenvalue weighted by molar-refractivity contribution is 0.214. The van der Waals surface area contributed by atoms with Gasteiger partial charge in [0.05, 0.1) is 24.7 Å². The molecule has 3 aromatic rings. The molecule has 0 amide bonds. The van der Waals surface area contributed by atoms with Gasteiger partial charge in [0.1, 0.15) is 17.7 Å². The predicted octanol–water partition coefficient (Wildman–Crippen LogP) is 3.58. The van der Waals surface area contributed by atoms with Gasteiger partial charge in [0.2, 0.25) is 0 Å². The largest absolute Gasteiger partial charge is 0.487 e. The van der Waals surface area contributed by atoms with Gasteiger partial charge in [-0.05, 0) is 24.6 Å².